The van der Waals surface area contributed by atoms with Gasteiger partial charge >= 0.3 is 0 Å². The molecule has 0 aromatic heterocycles. The molecule has 1 aliphatic heterocycles. The fourth-order valence-electron chi connectivity index (χ4n) is 2.52. The van der Waals surface area contributed by atoms with E-state index in [4.69, 9.17) is 5.26 Å². The van der Waals surface area contributed by atoms with Crippen LogP contribution in [0.2, 0.25) is 0 Å². The predicted octanol–water partition coefficient (Wildman–Crippen LogP) is 2.48. The molecule has 0 bridgehead atoms. The van der Waals surface area contributed by atoms with Crippen LogP contribution in [0.15, 0.2) is 18.2 Å². The predicted molar refractivity (Wildman–Crippen MR) is 74.6 cm³/mol. The van der Waals surface area contributed by atoms with E-state index in [-0.39, 0.29) is 5.82 Å². The van der Waals surface area contributed by atoms with Gasteiger partial charge in [-0.25, -0.2) is 4.39 Å². The van der Waals surface area contributed by atoms with Gasteiger partial charge in [0.1, 0.15) is 5.82 Å². The Morgan fingerprint density at radius 2 is 1.95 bits per heavy atom. The summed E-state index contributed by atoms with van der Waals surface area (Å²) in [7, 11) is 0. The number of piperazine rings is 1. The highest BCUT2D eigenvalue weighted by Gasteiger charge is 2.19. The molecule has 1 fully saturated rings. The van der Waals surface area contributed by atoms with Crippen LogP contribution in [0, 0.1) is 23.1 Å². The Balaban J connectivity index is 2.00. The van der Waals surface area contributed by atoms with Crippen LogP contribution in [0.4, 0.5) is 10.1 Å². The van der Waals surface area contributed by atoms with Crippen molar-refractivity contribution in [2.24, 2.45) is 5.92 Å². The lowest BCUT2D eigenvalue weighted by Crippen LogP contribution is -2.47. The minimum Gasteiger partial charge on any atom is -0.367 e. The van der Waals surface area contributed by atoms with Crippen LogP contribution in [-0.2, 0) is 0 Å². The summed E-state index contributed by atoms with van der Waals surface area (Å²) < 4.78 is 13.9. The number of benzene rings is 1. The minimum atomic E-state index is -0.295. The quantitative estimate of drug-likeness (QED) is 0.837. The summed E-state index contributed by atoms with van der Waals surface area (Å²) in [4.78, 5) is 4.48. The molecule has 0 unspecified atom stereocenters. The minimum absolute atomic E-state index is 0.295. The van der Waals surface area contributed by atoms with Gasteiger partial charge in [-0.3, -0.25) is 4.90 Å². The molecule has 1 heterocycles. The van der Waals surface area contributed by atoms with Crippen molar-refractivity contribution in [2.75, 3.05) is 37.6 Å². The Morgan fingerprint density at radius 1 is 1.26 bits per heavy atom. The maximum absolute atomic E-state index is 13.9. The molecule has 0 amide bonds. The highest BCUT2D eigenvalue weighted by Crippen LogP contribution is 2.22. The Labute approximate surface area is 114 Å². The molecule has 102 valence electrons. The second kappa shape index (κ2) is 6.03. The first-order valence-electron chi connectivity index (χ1n) is 6.77. The van der Waals surface area contributed by atoms with Crippen LogP contribution in [0.3, 0.4) is 0 Å². The Hall–Kier alpha value is -1.60. The summed E-state index contributed by atoms with van der Waals surface area (Å²) in [5.41, 5.74) is 0.989. The molecule has 0 N–H and O–H groups in total. The van der Waals surface area contributed by atoms with E-state index in [9.17, 15) is 4.39 Å². The van der Waals surface area contributed by atoms with Crippen LogP contribution >= 0.6 is 0 Å². The SMILES string of the molecule is CC(C)CN1CCN(c2ccc(C#N)cc2F)CC1. The normalized spacial score (nSPS) is 16.7. The molecular weight excluding hydrogens is 241 g/mol. The van der Waals surface area contributed by atoms with Gasteiger partial charge in [0.25, 0.3) is 0 Å². The third-order valence-electron chi connectivity index (χ3n) is 3.41. The van der Waals surface area contributed by atoms with Gasteiger partial charge in [-0.15, -0.1) is 0 Å². The molecule has 0 radical (unpaired) electrons. The van der Waals surface area contributed by atoms with Gasteiger partial charge < -0.3 is 4.90 Å². The maximum Gasteiger partial charge on any atom is 0.147 e. The van der Waals surface area contributed by atoms with Gasteiger partial charge in [0, 0.05) is 32.7 Å². The monoisotopic (exact) mass is 261 g/mol. The van der Waals surface area contributed by atoms with Gasteiger partial charge in [0.2, 0.25) is 0 Å². The first kappa shape index (κ1) is 13.8. The Bertz CT molecular complexity index is 471. The molecule has 19 heavy (non-hydrogen) atoms. The molecule has 2 rings (SSSR count). The molecule has 0 aliphatic carbocycles. The summed E-state index contributed by atoms with van der Waals surface area (Å²) in [5.74, 6) is 0.370. The summed E-state index contributed by atoms with van der Waals surface area (Å²) >= 11 is 0. The molecule has 1 aromatic carbocycles. The van der Waals surface area contributed by atoms with E-state index in [0.717, 1.165) is 32.7 Å². The molecule has 0 spiro atoms. The standard InChI is InChI=1S/C15H20FN3/c1-12(2)11-18-5-7-19(8-6-18)15-4-3-13(10-17)9-14(15)16/h3-4,9,12H,5-8,11H2,1-2H3. The lowest BCUT2D eigenvalue weighted by molar-refractivity contribution is 0.231. The van der Waals surface area contributed by atoms with Gasteiger partial charge in [0.05, 0.1) is 17.3 Å². The summed E-state index contributed by atoms with van der Waals surface area (Å²) in [6, 6.07) is 6.67. The molecule has 1 saturated heterocycles. The van der Waals surface area contributed by atoms with E-state index in [2.05, 4.69) is 23.6 Å². The van der Waals surface area contributed by atoms with Crippen LogP contribution in [-0.4, -0.2) is 37.6 Å². The summed E-state index contributed by atoms with van der Waals surface area (Å²) in [5, 5.41) is 8.74. The van der Waals surface area contributed by atoms with Crippen LogP contribution in [0.1, 0.15) is 19.4 Å². The van der Waals surface area contributed by atoms with E-state index in [1.165, 1.54) is 6.07 Å². The van der Waals surface area contributed by atoms with Crippen molar-refractivity contribution >= 4 is 5.69 Å². The van der Waals surface area contributed by atoms with Gasteiger partial charge in [-0.05, 0) is 24.1 Å². The smallest absolute Gasteiger partial charge is 0.147 e. The van der Waals surface area contributed by atoms with Crippen molar-refractivity contribution in [1.82, 2.24) is 4.90 Å². The summed E-state index contributed by atoms with van der Waals surface area (Å²) in [6.07, 6.45) is 0. The average molecular weight is 261 g/mol. The number of nitrogens with zero attached hydrogens (tertiary/aromatic N) is 3. The summed E-state index contributed by atoms with van der Waals surface area (Å²) in [6.45, 7) is 9.16. The van der Waals surface area contributed by atoms with Crippen molar-refractivity contribution in [3.8, 4) is 6.07 Å². The van der Waals surface area contributed by atoms with Gasteiger partial charge in [0.15, 0.2) is 0 Å². The number of hydrogen-bond acceptors (Lipinski definition) is 3. The van der Waals surface area contributed by atoms with Crippen molar-refractivity contribution < 1.29 is 4.39 Å². The molecule has 3 nitrogen and oxygen atoms in total. The second-order valence-corrected chi connectivity index (χ2v) is 5.46. The second-order valence-electron chi connectivity index (χ2n) is 5.46. The van der Waals surface area contributed by atoms with E-state index in [0.29, 0.717) is 17.2 Å². The zero-order valence-electron chi connectivity index (χ0n) is 11.6. The molecule has 4 heteroatoms. The topological polar surface area (TPSA) is 30.3 Å². The Kier molecular flexibility index (Phi) is 4.39. The van der Waals surface area contributed by atoms with E-state index in [1.54, 1.807) is 12.1 Å². The van der Waals surface area contributed by atoms with Crippen LogP contribution in [0.5, 0.6) is 0 Å². The molecule has 1 aromatic rings. The van der Waals surface area contributed by atoms with Gasteiger partial charge in [-0.2, -0.15) is 5.26 Å². The highest BCUT2D eigenvalue weighted by molar-refractivity contribution is 5.51. The Morgan fingerprint density at radius 3 is 2.47 bits per heavy atom. The lowest BCUT2D eigenvalue weighted by atomic mass is 10.1. The molecule has 0 saturated carbocycles. The maximum atomic E-state index is 13.9. The van der Waals surface area contributed by atoms with E-state index < -0.39 is 0 Å². The molecule has 1 aliphatic rings. The largest absolute Gasteiger partial charge is 0.367 e. The fourth-order valence-corrected chi connectivity index (χ4v) is 2.52. The van der Waals surface area contributed by atoms with Crippen LogP contribution in [0.25, 0.3) is 0 Å². The first-order valence-corrected chi connectivity index (χ1v) is 6.77. The number of anilines is 1. The van der Waals surface area contributed by atoms with Crippen molar-refractivity contribution in [2.45, 2.75) is 13.8 Å². The zero-order valence-corrected chi connectivity index (χ0v) is 11.6. The number of hydrogen-bond donors (Lipinski definition) is 0. The number of rotatable bonds is 3. The lowest BCUT2D eigenvalue weighted by Gasteiger charge is -2.36. The van der Waals surface area contributed by atoms with Gasteiger partial charge in [-0.1, -0.05) is 13.8 Å². The zero-order chi connectivity index (χ0) is 13.8. The average Bonchev–Trinajstić information content (AvgIpc) is 2.39. The number of halogens is 1. The third kappa shape index (κ3) is 3.45. The molecule has 0 atom stereocenters. The van der Waals surface area contributed by atoms with E-state index >= 15 is 0 Å². The van der Waals surface area contributed by atoms with E-state index in [1.807, 2.05) is 6.07 Å². The highest BCUT2D eigenvalue weighted by atomic mass is 19.1. The van der Waals surface area contributed by atoms with Crippen molar-refractivity contribution in [3.05, 3.63) is 29.6 Å². The van der Waals surface area contributed by atoms with Crippen molar-refractivity contribution in [3.63, 3.8) is 0 Å². The van der Waals surface area contributed by atoms with Crippen molar-refractivity contribution in [1.29, 1.82) is 5.26 Å². The first-order chi connectivity index (χ1) is 9.10. The fraction of sp³-hybridized carbons (Fsp3) is 0.533. The third-order valence-corrected chi connectivity index (χ3v) is 3.41. The van der Waals surface area contributed by atoms with Crippen LogP contribution < -0.4 is 4.90 Å². The molecular formula is C15H20FN3. The number of nitriles is 1.